The number of para-hydroxylation sites is 1. The van der Waals surface area contributed by atoms with Crippen molar-refractivity contribution < 1.29 is 4.79 Å². The number of carbonyl (C=O) groups excluding carboxylic acids is 1. The highest BCUT2D eigenvalue weighted by Crippen LogP contribution is 2.34. The summed E-state index contributed by atoms with van der Waals surface area (Å²) in [6.07, 6.45) is 5.95. The number of aromatic amines is 1. The molecule has 0 saturated heterocycles. The fraction of sp³-hybridized carbons (Fsp3) is 0.500. The van der Waals surface area contributed by atoms with Crippen molar-refractivity contribution in [3.8, 4) is 0 Å². The van der Waals surface area contributed by atoms with Gasteiger partial charge in [0.15, 0.2) is 0 Å². The van der Waals surface area contributed by atoms with E-state index in [0.29, 0.717) is 12.5 Å². The summed E-state index contributed by atoms with van der Waals surface area (Å²) in [5, 5.41) is 4.33. The topological polar surface area (TPSA) is 48.1 Å². The van der Waals surface area contributed by atoms with Crippen LogP contribution in [0.25, 0.3) is 10.9 Å². The van der Waals surface area contributed by atoms with Gasteiger partial charge in [0, 0.05) is 36.1 Å². The molecule has 2 N–H and O–H groups in total. The first-order valence-electron chi connectivity index (χ1n) is 8.13. The molecule has 0 radical (unpaired) electrons. The first kappa shape index (κ1) is 15.1. The summed E-state index contributed by atoms with van der Waals surface area (Å²) in [4.78, 5) is 17.6. The Morgan fingerprint density at radius 3 is 2.86 bits per heavy atom. The summed E-state index contributed by atoms with van der Waals surface area (Å²) < 4.78 is 0. The number of benzene rings is 1. The van der Waals surface area contributed by atoms with E-state index in [1.165, 1.54) is 23.8 Å². The zero-order valence-electron chi connectivity index (χ0n) is 13.4. The van der Waals surface area contributed by atoms with Gasteiger partial charge in [-0.1, -0.05) is 18.2 Å². The van der Waals surface area contributed by atoms with Crippen LogP contribution in [0.3, 0.4) is 0 Å². The second-order valence-electron chi connectivity index (χ2n) is 6.53. The van der Waals surface area contributed by atoms with Crippen molar-refractivity contribution in [2.75, 3.05) is 20.6 Å². The molecule has 2 aromatic rings. The average Bonchev–Trinajstić information content (AvgIpc) is 3.25. The smallest absolute Gasteiger partial charge is 0.220 e. The molecule has 1 aliphatic rings. The van der Waals surface area contributed by atoms with E-state index < -0.39 is 0 Å². The number of nitrogens with zero attached hydrogens (tertiary/aromatic N) is 1. The third kappa shape index (κ3) is 3.50. The second-order valence-corrected chi connectivity index (χ2v) is 6.53. The van der Waals surface area contributed by atoms with E-state index in [4.69, 9.17) is 0 Å². The molecule has 3 rings (SSSR count). The molecule has 22 heavy (non-hydrogen) atoms. The van der Waals surface area contributed by atoms with Crippen molar-refractivity contribution in [1.82, 2.24) is 15.2 Å². The molecule has 118 valence electrons. The molecule has 1 saturated carbocycles. The van der Waals surface area contributed by atoms with E-state index in [2.05, 4.69) is 41.4 Å². The van der Waals surface area contributed by atoms with Crippen molar-refractivity contribution in [2.24, 2.45) is 5.92 Å². The van der Waals surface area contributed by atoms with Crippen LogP contribution >= 0.6 is 0 Å². The van der Waals surface area contributed by atoms with Gasteiger partial charge in [0.1, 0.15) is 0 Å². The third-order valence-electron chi connectivity index (χ3n) is 4.63. The van der Waals surface area contributed by atoms with Crippen LogP contribution in [0.4, 0.5) is 0 Å². The largest absolute Gasteiger partial charge is 0.361 e. The first-order chi connectivity index (χ1) is 10.6. The lowest BCUT2D eigenvalue weighted by atomic mass is 10.1. The maximum absolute atomic E-state index is 12.1. The summed E-state index contributed by atoms with van der Waals surface area (Å²) >= 11 is 0. The summed E-state index contributed by atoms with van der Waals surface area (Å²) in [6, 6.07) is 8.72. The lowest BCUT2D eigenvalue weighted by molar-refractivity contribution is -0.121. The number of carbonyl (C=O) groups is 1. The minimum absolute atomic E-state index is 0.151. The maximum Gasteiger partial charge on any atom is 0.220 e. The molecular formula is C18H25N3O. The Morgan fingerprint density at radius 1 is 1.36 bits per heavy atom. The minimum Gasteiger partial charge on any atom is -0.361 e. The number of fused-ring (bicyclic) bond motifs is 1. The highest BCUT2D eigenvalue weighted by molar-refractivity contribution is 5.84. The van der Waals surface area contributed by atoms with Crippen molar-refractivity contribution >= 4 is 16.8 Å². The molecule has 0 spiro atoms. The number of hydrogen-bond acceptors (Lipinski definition) is 2. The van der Waals surface area contributed by atoms with Gasteiger partial charge in [-0.05, 0) is 50.9 Å². The van der Waals surface area contributed by atoms with Gasteiger partial charge in [-0.15, -0.1) is 0 Å². The van der Waals surface area contributed by atoms with E-state index >= 15 is 0 Å². The third-order valence-corrected chi connectivity index (χ3v) is 4.63. The molecule has 4 heteroatoms. The number of likely N-dealkylation sites (N-methyl/N-ethyl adjacent to an activating group) is 1. The maximum atomic E-state index is 12.1. The van der Waals surface area contributed by atoms with E-state index in [9.17, 15) is 4.79 Å². The monoisotopic (exact) mass is 299 g/mol. The van der Waals surface area contributed by atoms with Gasteiger partial charge in [0.25, 0.3) is 0 Å². The second kappa shape index (κ2) is 6.53. The molecule has 1 aromatic carbocycles. The van der Waals surface area contributed by atoms with Gasteiger partial charge >= 0.3 is 0 Å². The Balaban J connectivity index is 1.50. The number of amides is 1. The predicted octanol–water partition coefficient (Wildman–Crippen LogP) is 2.56. The summed E-state index contributed by atoms with van der Waals surface area (Å²) in [5.74, 6) is 0.918. The van der Waals surface area contributed by atoms with Gasteiger partial charge in [-0.3, -0.25) is 4.79 Å². The Bertz CT molecular complexity index is 641. The van der Waals surface area contributed by atoms with Crippen molar-refractivity contribution in [3.05, 3.63) is 36.0 Å². The predicted molar refractivity (Wildman–Crippen MR) is 89.8 cm³/mol. The van der Waals surface area contributed by atoms with Crippen molar-refractivity contribution in [3.63, 3.8) is 0 Å². The first-order valence-corrected chi connectivity index (χ1v) is 8.13. The van der Waals surface area contributed by atoms with Crippen LogP contribution in [0.15, 0.2) is 30.5 Å². The van der Waals surface area contributed by atoms with Crippen LogP contribution in [0.1, 0.15) is 24.8 Å². The molecule has 1 fully saturated rings. The molecule has 0 bridgehead atoms. The lowest BCUT2D eigenvalue weighted by Gasteiger charge is -2.24. The van der Waals surface area contributed by atoms with Crippen LogP contribution in [-0.2, 0) is 11.2 Å². The zero-order valence-corrected chi connectivity index (χ0v) is 13.4. The number of aryl methyl sites for hydroxylation is 1. The summed E-state index contributed by atoms with van der Waals surface area (Å²) in [6.45, 7) is 0.768. The Morgan fingerprint density at radius 2 is 2.14 bits per heavy atom. The Kier molecular flexibility index (Phi) is 4.48. The van der Waals surface area contributed by atoms with Crippen molar-refractivity contribution in [2.45, 2.75) is 31.7 Å². The minimum atomic E-state index is 0.151. The molecular weight excluding hydrogens is 274 g/mol. The van der Waals surface area contributed by atoms with Gasteiger partial charge in [-0.25, -0.2) is 0 Å². The van der Waals surface area contributed by atoms with E-state index in [1.807, 2.05) is 18.3 Å². The molecule has 4 nitrogen and oxygen atoms in total. The van der Waals surface area contributed by atoms with Crippen LogP contribution in [-0.4, -0.2) is 42.5 Å². The summed E-state index contributed by atoms with van der Waals surface area (Å²) in [5.41, 5.74) is 2.36. The SMILES string of the molecule is CN(C)[C@H](CNC(=O)CCc1c[nH]c2ccccc12)C1CC1. The van der Waals surface area contributed by atoms with Gasteiger partial charge in [0.2, 0.25) is 5.91 Å². The van der Waals surface area contributed by atoms with Crippen LogP contribution in [0.2, 0.25) is 0 Å². The number of nitrogens with one attached hydrogen (secondary N) is 2. The molecule has 1 amide bonds. The fourth-order valence-electron chi connectivity index (χ4n) is 3.15. The number of rotatable bonds is 7. The average molecular weight is 299 g/mol. The van der Waals surface area contributed by atoms with Crippen LogP contribution < -0.4 is 5.32 Å². The van der Waals surface area contributed by atoms with Gasteiger partial charge < -0.3 is 15.2 Å². The fourth-order valence-corrected chi connectivity index (χ4v) is 3.15. The Labute approximate surface area is 131 Å². The van der Waals surface area contributed by atoms with Crippen molar-refractivity contribution in [1.29, 1.82) is 0 Å². The molecule has 0 aliphatic heterocycles. The lowest BCUT2D eigenvalue weighted by Crippen LogP contribution is -2.41. The highest BCUT2D eigenvalue weighted by atomic mass is 16.1. The van der Waals surface area contributed by atoms with Gasteiger partial charge in [-0.2, -0.15) is 0 Å². The van der Waals surface area contributed by atoms with E-state index in [0.717, 1.165) is 24.4 Å². The van der Waals surface area contributed by atoms with E-state index in [1.54, 1.807) is 0 Å². The molecule has 0 unspecified atom stereocenters. The van der Waals surface area contributed by atoms with Crippen LogP contribution in [0.5, 0.6) is 0 Å². The molecule has 1 aromatic heterocycles. The number of hydrogen-bond donors (Lipinski definition) is 2. The van der Waals surface area contributed by atoms with Gasteiger partial charge in [0.05, 0.1) is 0 Å². The standard InChI is InChI=1S/C18H25N3O/c1-21(2)17(13-7-8-13)12-20-18(22)10-9-14-11-19-16-6-4-3-5-15(14)16/h3-6,11,13,17,19H,7-10,12H2,1-2H3,(H,20,22)/t17-/m1/s1. The van der Waals surface area contributed by atoms with Crippen LogP contribution in [0, 0.1) is 5.92 Å². The zero-order chi connectivity index (χ0) is 15.5. The molecule has 1 heterocycles. The number of aromatic nitrogens is 1. The number of H-pyrrole nitrogens is 1. The molecule has 1 aliphatic carbocycles. The van der Waals surface area contributed by atoms with E-state index in [-0.39, 0.29) is 5.91 Å². The highest BCUT2D eigenvalue weighted by Gasteiger charge is 2.32. The molecule has 1 atom stereocenters. The Hall–Kier alpha value is -1.81. The normalized spacial score (nSPS) is 16.1. The summed E-state index contributed by atoms with van der Waals surface area (Å²) in [7, 11) is 4.20. The quantitative estimate of drug-likeness (QED) is 0.825.